The third-order valence-corrected chi connectivity index (χ3v) is 11.2. The Bertz CT molecular complexity index is 2280. The molecule has 5 aromatic carbocycles. The van der Waals surface area contributed by atoms with Gasteiger partial charge in [0.15, 0.2) is 0 Å². The Morgan fingerprint density at radius 2 is 0.814 bits per heavy atom. The predicted octanol–water partition coefficient (Wildman–Crippen LogP) is 13.3. The molecule has 0 bridgehead atoms. The summed E-state index contributed by atoms with van der Waals surface area (Å²) in [6.07, 6.45) is 5.79. The first-order valence-electron chi connectivity index (χ1n) is 20.9. The molecule has 0 saturated carbocycles. The Morgan fingerprint density at radius 1 is 0.458 bits per heavy atom. The maximum absolute atomic E-state index is 6.54. The first-order chi connectivity index (χ1) is 27.7. The number of nitrogens with zero attached hydrogens (tertiary/aromatic N) is 1. The van der Waals surface area contributed by atoms with E-state index in [1.54, 1.807) is 14.2 Å². The van der Waals surface area contributed by atoms with Crippen molar-refractivity contribution < 1.29 is 18.9 Å². The fourth-order valence-electron chi connectivity index (χ4n) is 7.95. The molecule has 59 heavy (non-hydrogen) atoms. The summed E-state index contributed by atoms with van der Waals surface area (Å²) in [5, 5.41) is 2.36. The second-order valence-electron chi connectivity index (χ2n) is 20.0. The number of terminal acetylenes is 1. The molecule has 0 aliphatic rings. The Hall–Kier alpha value is -5.02. The number of aromatic nitrogens is 1. The summed E-state index contributed by atoms with van der Waals surface area (Å²) in [7, 11) is 3.43. The van der Waals surface area contributed by atoms with E-state index in [1.807, 2.05) is 12.1 Å². The van der Waals surface area contributed by atoms with Gasteiger partial charge < -0.3 is 23.5 Å². The van der Waals surface area contributed by atoms with Crippen LogP contribution in [0, 0.1) is 12.3 Å². The van der Waals surface area contributed by atoms with Crippen molar-refractivity contribution >= 4 is 21.8 Å². The van der Waals surface area contributed by atoms with Crippen LogP contribution in [0.2, 0.25) is 0 Å². The molecule has 0 N–H and O–H groups in total. The molecule has 0 saturated heterocycles. The quantitative estimate of drug-likeness (QED) is 0.0968. The van der Waals surface area contributed by atoms with Gasteiger partial charge in [-0.15, -0.1) is 6.42 Å². The lowest BCUT2D eigenvalue weighted by molar-refractivity contribution is 0.144. The minimum atomic E-state index is -0.153. The molecule has 1 aromatic heterocycles. The van der Waals surface area contributed by atoms with E-state index in [4.69, 9.17) is 25.4 Å². The summed E-state index contributed by atoms with van der Waals surface area (Å²) in [6.45, 7) is 29.2. The minimum Gasteiger partial charge on any atom is -0.491 e. The maximum Gasteiger partial charge on any atom is 0.126 e. The third kappa shape index (κ3) is 9.10. The number of benzene rings is 5. The van der Waals surface area contributed by atoms with Gasteiger partial charge in [-0.05, 0) is 117 Å². The lowest BCUT2D eigenvalue weighted by Crippen LogP contribution is -2.21. The molecule has 5 heteroatoms. The van der Waals surface area contributed by atoms with E-state index >= 15 is 0 Å². The standard InChI is InChI=1S/C54H65NO4/c1-16-35-17-21-40(22-18-35)55-47-23-19-36(38-31-43(51(2,3)4)49(58-27-25-56-14)44(32-38)52(5,6)7)29-41(47)42-30-37(20-24-48(42)55)39-33-45(53(8,9)10)50(59-28-26-57-15)46(34-39)54(11,12)13/h1,17-24,29-34H,25-28H2,2-15H3. The molecule has 0 amide bonds. The van der Waals surface area contributed by atoms with Crippen LogP contribution in [0.15, 0.2) is 84.9 Å². The van der Waals surface area contributed by atoms with Crippen molar-refractivity contribution in [1.29, 1.82) is 0 Å². The van der Waals surface area contributed by atoms with Crippen molar-refractivity contribution in [2.24, 2.45) is 0 Å². The molecule has 0 unspecified atom stereocenters. The zero-order valence-corrected chi connectivity index (χ0v) is 38.1. The van der Waals surface area contributed by atoms with E-state index in [0.717, 1.165) is 44.9 Å². The van der Waals surface area contributed by atoms with E-state index in [0.29, 0.717) is 26.4 Å². The second kappa shape index (κ2) is 16.6. The molecular formula is C54H65NO4. The third-order valence-electron chi connectivity index (χ3n) is 11.2. The Labute approximate surface area is 354 Å². The molecule has 6 rings (SSSR count). The van der Waals surface area contributed by atoms with Crippen molar-refractivity contribution in [2.45, 2.75) is 105 Å². The van der Waals surface area contributed by atoms with Crippen molar-refractivity contribution in [3.63, 3.8) is 0 Å². The summed E-state index contributed by atoms with van der Waals surface area (Å²) in [5.74, 6) is 4.70. The molecule has 6 aromatic rings. The van der Waals surface area contributed by atoms with Crippen LogP contribution < -0.4 is 9.47 Å². The van der Waals surface area contributed by atoms with Crippen molar-refractivity contribution in [2.75, 3.05) is 40.6 Å². The highest BCUT2D eigenvalue weighted by molar-refractivity contribution is 6.11. The van der Waals surface area contributed by atoms with Crippen molar-refractivity contribution in [3.8, 4) is 51.8 Å². The van der Waals surface area contributed by atoms with Gasteiger partial charge in [-0.3, -0.25) is 0 Å². The SMILES string of the molecule is C#Cc1ccc(-n2c3ccc(-c4cc(C(C)(C)C)c(OCCOC)c(C(C)(C)C)c4)cc3c3cc(-c4cc(C(C)(C)C)c(OCCOC)c(C(C)(C)C)c4)ccc32)cc1. The highest BCUT2D eigenvalue weighted by Crippen LogP contribution is 2.46. The van der Waals surface area contributed by atoms with E-state index in [1.165, 1.54) is 44.2 Å². The number of ether oxygens (including phenoxy) is 4. The molecule has 5 nitrogen and oxygen atoms in total. The smallest absolute Gasteiger partial charge is 0.126 e. The first-order valence-corrected chi connectivity index (χ1v) is 20.9. The molecule has 0 atom stereocenters. The molecule has 1 heterocycles. The molecular weight excluding hydrogens is 727 g/mol. The van der Waals surface area contributed by atoms with E-state index < -0.39 is 0 Å². The normalized spacial score (nSPS) is 12.6. The van der Waals surface area contributed by atoms with Gasteiger partial charge in [0.1, 0.15) is 24.7 Å². The summed E-state index contributed by atoms with van der Waals surface area (Å²) in [6, 6.07) is 31.5. The lowest BCUT2D eigenvalue weighted by Gasteiger charge is -2.31. The topological polar surface area (TPSA) is 41.9 Å². The van der Waals surface area contributed by atoms with Gasteiger partial charge in [0.2, 0.25) is 0 Å². The van der Waals surface area contributed by atoms with Crippen LogP contribution in [0.3, 0.4) is 0 Å². The first kappa shape index (κ1) is 43.6. The summed E-state index contributed by atoms with van der Waals surface area (Å²) < 4.78 is 26.2. The number of rotatable bonds is 11. The average Bonchev–Trinajstić information content (AvgIpc) is 3.49. The maximum atomic E-state index is 6.54. The van der Waals surface area contributed by atoms with E-state index in [-0.39, 0.29) is 21.7 Å². The molecule has 310 valence electrons. The molecule has 0 aliphatic carbocycles. The predicted molar refractivity (Wildman–Crippen MR) is 249 cm³/mol. The summed E-state index contributed by atoms with van der Waals surface area (Å²) in [5.41, 5.74) is 13.0. The van der Waals surface area contributed by atoms with Gasteiger partial charge in [-0.1, -0.05) is 101 Å². The fourth-order valence-corrected chi connectivity index (χ4v) is 7.95. The van der Waals surface area contributed by atoms with Crippen molar-refractivity contribution in [3.05, 3.63) is 113 Å². The van der Waals surface area contributed by atoms with Gasteiger partial charge in [0, 0.05) is 58.5 Å². The highest BCUT2D eigenvalue weighted by atomic mass is 16.5. The van der Waals surface area contributed by atoms with Gasteiger partial charge in [0.05, 0.1) is 24.2 Å². The summed E-state index contributed by atoms with van der Waals surface area (Å²) in [4.78, 5) is 0. The fraction of sp³-hybridized carbons (Fsp3) is 0.407. The van der Waals surface area contributed by atoms with Crippen LogP contribution in [0.1, 0.15) is 111 Å². The zero-order chi connectivity index (χ0) is 43.1. The van der Waals surface area contributed by atoms with Crippen LogP contribution >= 0.6 is 0 Å². The zero-order valence-electron chi connectivity index (χ0n) is 38.1. The number of hydrogen-bond donors (Lipinski definition) is 0. The van der Waals surface area contributed by atoms with Crippen LogP contribution in [-0.2, 0) is 31.1 Å². The Morgan fingerprint density at radius 3 is 1.12 bits per heavy atom. The van der Waals surface area contributed by atoms with E-state index in [9.17, 15) is 0 Å². The molecule has 0 radical (unpaired) electrons. The Kier molecular flexibility index (Phi) is 12.2. The highest BCUT2D eigenvalue weighted by Gasteiger charge is 2.30. The number of hydrogen-bond acceptors (Lipinski definition) is 4. The van der Waals surface area contributed by atoms with Crippen molar-refractivity contribution in [1.82, 2.24) is 4.57 Å². The second-order valence-corrected chi connectivity index (χ2v) is 20.0. The largest absolute Gasteiger partial charge is 0.491 e. The molecule has 0 aliphatic heterocycles. The van der Waals surface area contributed by atoms with Crippen LogP contribution in [0.4, 0.5) is 0 Å². The van der Waals surface area contributed by atoms with Crippen LogP contribution in [-0.4, -0.2) is 45.2 Å². The molecule has 0 spiro atoms. The monoisotopic (exact) mass is 791 g/mol. The lowest BCUT2D eigenvalue weighted by atomic mass is 9.77. The van der Waals surface area contributed by atoms with Crippen LogP contribution in [0.25, 0.3) is 49.7 Å². The van der Waals surface area contributed by atoms with E-state index in [2.05, 4.69) is 166 Å². The number of fused-ring (bicyclic) bond motifs is 3. The number of methoxy groups -OCH3 is 2. The van der Waals surface area contributed by atoms with Gasteiger partial charge in [-0.2, -0.15) is 0 Å². The van der Waals surface area contributed by atoms with Gasteiger partial charge >= 0.3 is 0 Å². The molecule has 0 fully saturated rings. The van der Waals surface area contributed by atoms with Gasteiger partial charge in [0.25, 0.3) is 0 Å². The van der Waals surface area contributed by atoms with Gasteiger partial charge in [-0.25, -0.2) is 0 Å². The average molecular weight is 792 g/mol. The summed E-state index contributed by atoms with van der Waals surface area (Å²) >= 11 is 0. The Balaban J connectivity index is 1.64. The minimum absolute atomic E-state index is 0.153. The van der Waals surface area contributed by atoms with Crippen LogP contribution in [0.5, 0.6) is 11.5 Å².